The van der Waals surface area contributed by atoms with Crippen molar-refractivity contribution >= 4 is 38.5 Å². The highest BCUT2D eigenvalue weighted by Gasteiger charge is 2.27. The van der Waals surface area contributed by atoms with Gasteiger partial charge in [0.2, 0.25) is 12.0 Å². The molecule has 0 saturated carbocycles. The number of aromatic nitrogens is 1. The third-order valence-electron chi connectivity index (χ3n) is 3.99. The third kappa shape index (κ3) is 4.01. The van der Waals surface area contributed by atoms with Crippen LogP contribution < -0.4 is 20.1 Å². The number of thiazole rings is 1. The van der Waals surface area contributed by atoms with E-state index in [-0.39, 0.29) is 31.4 Å². The summed E-state index contributed by atoms with van der Waals surface area (Å²) in [5, 5.41) is 6.01. The number of carbonyl (C=O) groups excluding carboxylic acids is 2. The maximum absolute atomic E-state index is 12.2. The van der Waals surface area contributed by atoms with E-state index in [4.69, 9.17) is 9.47 Å². The van der Waals surface area contributed by atoms with Gasteiger partial charge >= 0.3 is 0 Å². The fourth-order valence-corrected chi connectivity index (χ4v) is 3.55. The molecule has 3 aromatic rings. The fourth-order valence-electron chi connectivity index (χ4n) is 2.67. The standard InChI is InChI=1S/C19H17N3O4S/c23-17(22-19-21-12-5-1-4-8-16(12)27-19)9-10-20-18(24)15-11-25-13-6-2-3-7-14(13)26-15/h1-8,15H,9-11H2,(H,20,24)(H,21,22,23). The maximum atomic E-state index is 12.2. The molecule has 138 valence electrons. The van der Waals surface area contributed by atoms with Crippen LogP contribution in [0.1, 0.15) is 6.42 Å². The molecule has 0 aliphatic carbocycles. The van der Waals surface area contributed by atoms with Crippen molar-refractivity contribution < 1.29 is 19.1 Å². The minimum absolute atomic E-state index is 0.140. The first-order chi connectivity index (χ1) is 13.2. The molecule has 0 fully saturated rings. The summed E-state index contributed by atoms with van der Waals surface area (Å²) in [6.07, 6.45) is -0.585. The first-order valence-electron chi connectivity index (χ1n) is 8.51. The molecule has 7 nitrogen and oxygen atoms in total. The van der Waals surface area contributed by atoms with Crippen molar-refractivity contribution in [2.75, 3.05) is 18.5 Å². The minimum Gasteiger partial charge on any atom is -0.485 e. The van der Waals surface area contributed by atoms with E-state index in [1.54, 1.807) is 12.1 Å². The molecule has 27 heavy (non-hydrogen) atoms. The second kappa shape index (κ2) is 7.63. The average Bonchev–Trinajstić information content (AvgIpc) is 3.09. The molecule has 0 saturated heterocycles. The summed E-state index contributed by atoms with van der Waals surface area (Å²) in [6, 6.07) is 14.9. The van der Waals surface area contributed by atoms with Gasteiger partial charge in [0.15, 0.2) is 16.6 Å². The van der Waals surface area contributed by atoms with Gasteiger partial charge in [-0.2, -0.15) is 0 Å². The van der Waals surface area contributed by atoms with E-state index < -0.39 is 6.10 Å². The Hall–Kier alpha value is -3.13. The van der Waals surface area contributed by atoms with E-state index in [0.29, 0.717) is 16.6 Å². The second-order valence-electron chi connectivity index (χ2n) is 5.94. The number of rotatable bonds is 5. The van der Waals surface area contributed by atoms with Crippen LogP contribution in [0.3, 0.4) is 0 Å². The number of hydrogen-bond acceptors (Lipinski definition) is 6. The van der Waals surface area contributed by atoms with E-state index in [0.717, 1.165) is 10.2 Å². The molecule has 2 amide bonds. The molecule has 2 N–H and O–H groups in total. The Labute approximate surface area is 159 Å². The van der Waals surface area contributed by atoms with Gasteiger partial charge in [0, 0.05) is 13.0 Å². The molecule has 8 heteroatoms. The molecule has 1 atom stereocenters. The highest BCUT2D eigenvalue weighted by Crippen LogP contribution is 2.30. The predicted molar refractivity (Wildman–Crippen MR) is 102 cm³/mol. The molecule has 1 aliphatic rings. The number of nitrogens with zero attached hydrogens (tertiary/aromatic N) is 1. The topological polar surface area (TPSA) is 89.6 Å². The number of anilines is 1. The fraction of sp³-hybridized carbons (Fsp3) is 0.211. The van der Waals surface area contributed by atoms with Crippen molar-refractivity contribution in [1.82, 2.24) is 10.3 Å². The Balaban J connectivity index is 1.24. The number of ether oxygens (including phenoxy) is 2. The van der Waals surface area contributed by atoms with Gasteiger partial charge in [-0.05, 0) is 24.3 Å². The second-order valence-corrected chi connectivity index (χ2v) is 6.97. The number of benzene rings is 2. The Morgan fingerprint density at radius 1 is 1.11 bits per heavy atom. The summed E-state index contributed by atoms with van der Waals surface area (Å²) in [5.74, 6) is 0.645. The van der Waals surface area contributed by atoms with Gasteiger partial charge in [0.25, 0.3) is 5.91 Å². The zero-order valence-electron chi connectivity index (χ0n) is 14.3. The molecular weight excluding hydrogens is 366 g/mol. The summed E-state index contributed by atoms with van der Waals surface area (Å²) in [7, 11) is 0. The summed E-state index contributed by atoms with van der Waals surface area (Å²) < 4.78 is 12.2. The van der Waals surface area contributed by atoms with E-state index in [1.165, 1.54) is 11.3 Å². The zero-order valence-corrected chi connectivity index (χ0v) is 15.1. The highest BCUT2D eigenvalue weighted by atomic mass is 32.1. The number of fused-ring (bicyclic) bond motifs is 2. The third-order valence-corrected chi connectivity index (χ3v) is 4.94. The molecule has 1 aliphatic heterocycles. The minimum atomic E-state index is -0.729. The Bertz CT molecular complexity index is 955. The molecular formula is C19H17N3O4S. The van der Waals surface area contributed by atoms with E-state index in [1.807, 2.05) is 36.4 Å². The van der Waals surface area contributed by atoms with Gasteiger partial charge in [-0.15, -0.1) is 0 Å². The SMILES string of the molecule is O=C(CCNC(=O)C1COc2ccccc2O1)Nc1nc2ccccc2s1. The van der Waals surface area contributed by atoms with Crippen LogP contribution in [0.4, 0.5) is 5.13 Å². The van der Waals surface area contributed by atoms with Crippen molar-refractivity contribution in [3.63, 3.8) is 0 Å². The molecule has 1 aromatic heterocycles. The van der Waals surface area contributed by atoms with Gasteiger partial charge < -0.3 is 20.1 Å². The molecule has 0 spiro atoms. The molecule has 4 rings (SSSR count). The number of hydrogen-bond donors (Lipinski definition) is 2. The van der Waals surface area contributed by atoms with Crippen molar-refractivity contribution in [3.8, 4) is 11.5 Å². The van der Waals surface area contributed by atoms with Gasteiger partial charge in [0.05, 0.1) is 10.2 Å². The van der Waals surface area contributed by atoms with Crippen LogP contribution in [-0.2, 0) is 9.59 Å². The summed E-state index contributed by atoms with van der Waals surface area (Å²) >= 11 is 1.41. The lowest BCUT2D eigenvalue weighted by molar-refractivity contribution is -0.130. The molecule has 2 heterocycles. The van der Waals surface area contributed by atoms with Crippen LogP contribution in [0.2, 0.25) is 0 Å². The lowest BCUT2D eigenvalue weighted by atomic mass is 10.2. The number of nitrogens with one attached hydrogen (secondary N) is 2. The Morgan fingerprint density at radius 3 is 2.74 bits per heavy atom. The molecule has 0 radical (unpaired) electrons. The van der Waals surface area contributed by atoms with Gasteiger partial charge in [-0.3, -0.25) is 9.59 Å². The van der Waals surface area contributed by atoms with Crippen molar-refractivity contribution in [2.24, 2.45) is 0 Å². The normalized spacial score (nSPS) is 15.3. The van der Waals surface area contributed by atoms with Crippen LogP contribution in [0, 0.1) is 0 Å². The van der Waals surface area contributed by atoms with Crippen LogP contribution in [0.25, 0.3) is 10.2 Å². The Kier molecular flexibility index (Phi) is 4.88. The summed E-state index contributed by atoms with van der Waals surface area (Å²) in [5.41, 5.74) is 0.848. The lowest BCUT2D eigenvalue weighted by Gasteiger charge is -2.25. The lowest BCUT2D eigenvalue weighted by Crippen LogP contribution is -2.44. The molecule has 2 aromatic carbocycles. The summed E-state index contributed by atoms with van der Waals surface area (Å²) in [6.45, 7) is 0.345. The van der Waals surface area contributed by atoms with Crippen LogP contribution in [0.5, 0.6) is 11.5 Å². The largest absolute Gasteiger partial charge is 0.485 e. The first kappa shape index (κ1) is 17.3. The Morgan fingerprint density at radius 2 is 1.89 bits per heavy atom. The van der Waals surface area contributed by atoms with Crippen molar-refractivity contribution in [3.05, 3.63) is 48.5 Å². The molecule has 1 unspecified atom stereocenters. The number of amides is 2. The summed E-state index contributed by atoms with van der Waals surface area (Å²) in [4.78, 5) is 28.6. The van der Waals surface area contributed by atoms with Crippen LogP contribution in [-0.4, -0.2) is 36.1 Å². The van der Waals surface area contributed by atoms with Crippen LogP contribution >= 0.6 is 11.3 Å². The number of carbonyl (C=O) groups is 2. The first-order valence-corrected chi connectivity index (χ1v) is 9.32. The van der Waals surface area contributed by atoms with E-state index in [9.17, 15) is 9.59 Å². The molecule has 0 bridgehead atoms. The van der Waals surface area contributed by atoms with Gasteiger partial charge in [-0.1, -0.05) is 35.6 Å². The number of para-hydroxylation sites is 3. The predicted octanol–water partition coefficient (Wildman–Crippen LogP) is 2.58. The average molecular weight is 383 g/mol. The highest BCUT2D eigenvalue weighted by molar-refractivity contribution is 7.22. The maximum Gasteiger partial charge on any atom is 0.264 e. The van der Waals surface area contributed by atoms with Gasteiger partial charge in [0.1, 0.15) is 6.61 Å². The van der Waals surface area contributed by atoms with Crippen molar-refractivity contribution in [2.45, 2.75) is 12.5 Å². The van der Waals surface area contributed by atoms with Crippen molar-refractivity contribution in [1.29, 1.82) is 0 Å². The van der Waals surface area contributed by atoms with E-state index in [2.05, 4.69) is 15.6 Å². The van der Waals surface area contributed by atoms with E-state index >= 15 is 0 Å². The smallest absolute Gasteiger partial charge is 0.264 e. The van der Waals surface area contributed by atoms with Crippen LogP contribution in [0.15, 0.2) is 48.5 Å². The quantitative estimate of drug-likeness (QED) is 0.707. The monoisotopic (exact) mass is 383 g/mol. The van der Waals surface area contributed by atoms with Gasteiger partial charge in [-0.25, -0.2) is 4.98 Å². The zero-order chi connectivity index (χ0) is 18.6.